The van der Waals surface area contributed by atoms with Crippen LogP contribution in [0.4, 0.5) is 0 Å². The van der Waals surface area contributed by atoms with Gasteiger partial charge in [0.05, 0.1) is 18.2 Å². The summed E-state index contributed by atoms with van der Waals surface area (Å²) < 4.78 is 22.3. The van der Waals surface area contributed by atoms with Crippen LogP contribution in [0.25, 0.3) is 0 Å². The van der Waals surface area contributed by atoms with Crippen molar-refractivity contribution in [3.05, 3.63) is 82.5 Å². The van der Waals surface area contributed by atoms with E-state index in [2.05, 4.69) is 4.98 Å². The van der Waals surface area contributed by atoms with Crippen LogP contribution < -0.4 is 9.47 Å². The van der Waals surface area contributed by atoms with E-state index in [0.717, 1.165) is 5.56 Å². The SMILES string of the molecule is CC(COCc1ccccc1)OC(=O)C(C)Oc1ccc(Oc2ncc(Cl)cc2Cl)cc1. The molecule has 0 radical (unpaired) electrons. The largest absolute Gasteiger partial charge is 0.479 e. The molecule has 32 heavy (non-hydrogen) atoms. The van der Waals surface area contributed by atoms with E-state index in [4.69, 9.17) is 42.1 Å². The molecule has 3 aromatic rings. The molecule has 8 heteroatoms. The molecule has 3 rings (SSSR count). The van der Waals surface area contributed by atoms with E-state index in [1.54, 1.807) is 44.2 Å². The Morgan fingerprint density at radius 3 is 2.38 bits per heavy atom. The number of hydrogen-bond donors (Lipinski definition) is 0. The minimum atomic E-state index is -0.786. The zero-order valence-electron chi connectivity index (χ0n) is 17.7. The highest BCUT2D eigenvalue weighted by molar-refractivity contribution is 6.35. The smallest absolute Gasteiger partial charge is 0.347 e. The third-order valence-electron chi connectivity index (χ3n) is 4.24. The summed E-state index contributed by atoms with van der Waals surface area (Å²) in [7, 11) is 0. The maximum atomic E-state index is 12.3. The van der Waals surface area contributed by atoms with Gasteiger partial charge in [0, 0.05) is 6.20 Å². The van der Waals surface area contributed by atoms with Crippen molar-refractivity contribution >= 4 is 29.2 Å². The Bertz CT molecular complexity index is 1010. The molecule has 0 N–H and O–H groups in total. The van der Waals surface area contributed by atoms with Crippen LogP contribution >= 0.6 is 23.2 Å². The van der Waals surface area contributed by atoms with Gasteiger partial charge in [-0.15, -0.1) is 0 Å². The summed E-state index contributed by atoms with van der Waals surface area (Å²) in [6.07, 6.45) is 0.261. The number of hydrogen-bond acceptors (Lipinski definition) is 6. The fourth-order valence-corrected chi connectivity index (χ4v) is 3.09. The zero-order chi connectivity index (χ0) is 22.9. The van der Waals surface area contributed by atoms with Gasteiger partial charge in [-0.1, -0.05) is 53.5 Å². The van der Waals surface area contributed by atoms with Crippen molar-refractivity contribution in [2.24, 2.45) is 0 Å². The molecule has 0 aliphatic heterocycles. The molecule has 0 saturated carbocycles. The molecule has 6 nitrogen and oxygen atoms in total. The van der Waals surface area contributed by atoms with Crippen LogP contribution in [0.5, 0.6) is 17.4 Å². The number of halogens is 2. The van der Waals surface area contributed by atoms with E-state index in [1.165, 1.54) is 6.20 Å². The maximum Gasteiger partial charge on any atom is 0.347 e. The van der Waals surface area contributed by atoms with Gasteiger partial charge in [-0.2, -0.15) is 0 Å². The molecule has 168 valence electrons. The molecular formula is C24H23Cl2NO5. The predicted molar refractivity (Wildman–Crippen MR) is 123 cm³/mol. The van der Waals surface area contributed by atoms with E-state index in [9.17, 15) is 4.79 Å². The van der Waals surface area contributed by atoms with Crippen molar-refractivity contribution in [1.29, 1.82) is 0 Å². The van der Waals surface area contributed by atoms with E-state index < -0.39 is 18.2 Å². The van der Waals surface area contributed by atoms with Gasteiger partial charge < -0.3 is 18.9 Å². The van der Waals surface area contributed by atoms with Crippen LogP contribution in [0, 0.1) is 0 Å². The van der Waals surface area contributed by atoms with Crippen molar-refractivity contribution in [2.75, 3.05) is 6.61 Å². The van der Waals surface area contributed by atoms with Crippen molar-refractivity contribution in [3.63, 3.8) is 0 Å². The number of pyridine rings is 1. The van der Waals surface area contributed by atoms with Crippen LogP contribution in [0.15, 0.2) is 66.9 Å². The van der Waals surface area contributed by atoms with Crippen molar-refractivity contribution in [2.45, 2.75) is 32.7 Å². The number of aromatic nitrogens is 1. The number of ether oxygens (including phenoxy) is 4. The lowest BCUT2D eigenvalue weighted by Gasteiger charge is -2.18. The van der Waals surface area contributed by atoms with Crippen molar-refractivity contribution in [1.82, 2.24) is 4.98 Å². The van der Waals surface area contributed by atoms with Crippen LogP contribution in [0.1, 0.15) is 19.4 Å². The molecule has 0 fully saturated rings. The highest BCUT2D eigenvalue weighted by atomic mass is 35.5. The second-order valence-corrected chi connectivity index (χ2v) is 7.87. The van der Waals surface area contributed by atoms with Crippen LogP contribution in [-0.4, -0.2) is 29.8 Å². The van der Waals surface area contributed by atoms with Crippen molar-refractivity contribution in [3.8, 4) is 17.4 Å². The number of nitrogens with zero attached hydrogens (tertiary/aromatic N) is 1. The number of benzene rings is 2. The Morgan fingerprint density at radius 2 is 1.69 bits per heavy atom. The molecule has 2 unspecified atom stereocenters. The van der Waals surface area contributed by atoms with Gasteiger partial charge in [-0.25, -0.2) is 9.78 Å². The molecule has 0 amide bonds. The average Bonchev–Trinajstić information content (AvgIpc) is 2.77. The Morgan fingerprint density at radius 1 is 1.00 bits per heavy atom. The van der Waals surface area contributed by atoms with Crippen molar-refractivity contribution < 1.29 is 23.7 Å². The quantitative estimate of drug-likeness (QED) is 0.330. The summed E-state index contributed by atoms with van der Waals surface area (Å²) >= 11 is 11.9. The molecular weight excluding hydrogens is 453 g/mol. The monoisotopic (exact) mass is 475 g/mol. The molecule has 1 aromatic heterocycles. The minimum Gasteiger partial charge on any atom is -0.479 e. The second-order valence-electron chi connectivity index (χ2n) is 7.02. The lowest BCUT2D eigenvalue weighted by Crippen LogP contribution is -2.31. The first-order valence-corrected chi connectivity index (χ1v) is 10.7. The standard InChI is InChI=1S/C24H23Cl2NO5/c1-16(14-29-15-18-6-4-3-5-7-18)30-24(28)17(2)31-20-8-10-21(11-9-20)32-23-22(26)12-19(25)13-27-23/h3-13,16-17H,14-15H2,1-2H3. The Hall–Kier alpha value is -2.80. The third-order valence-corrected chi connectivity index (χ3v) is 4.72. The summed E-state index contributed by atoms with van der Waals surface area (Å²) in [6.45, 7) is 4.15. The molecule has 0 bridgehead atoms. The van der Waals surface area contributed by atoms with E-state index in [1.807, 2.05) is 30.3 Å². The highest BCUT2D eigenvalue weighted by Gasteiger charge is 2.19. The summed E-state index contributed by atoms with van der Waals surface area (Å²) in [5, 5.41) is 0.722. The first kappa shape index (κ1) is 23.9. The minimum absolute atomic E-state index is 0.241. The molecule has 2 atom stereocenters. The summed E-state index contributed by atoms with van der Waals surface area (Å²) in [5.74, 6) is 0.766. The fraction of sp³-hybridized carbons (Fsp3) is 0.250. The first-order valence-electron chi connectivity index (χ1n) is 9.98. The van der Waals surface area contributed by atoms with Gasteiger partial charge in [-0.3, -0.25) is 0 Å². The third kappa shape index (κ3) is 7.41. The zero-order valence-corrected chi connectivity index (χ0v) is 19.2. The number of esters is 1. The lowest BCUT2D eigenvalue weighted by molar-refractivity contribution is -0.158. The Labute approximate surface area is 197 Å². The number of carbonyl (C=O) groups excluding carboxylic acids is 1. The lowest BCUT2D eigenvalue weighted by atomic mass is 10.2. The van der Waals surface area contributed by atoms with Gasteiger partial charge in [0.25, 0.3) is 0 Å². The first-order chi connectivity index (χ1) is 15.4. The van der Waals surface area contributed by atoms with Crippen LogP contribution in [0.3, 0.4) is 0 Å². The Balaban J connectivity index is 1.44. The molecule has 2 aromatic carbocycles. The molecule has 0 saturated heterocycles. The van der Waals surface area contributed by atoms with E-state index in [0.29, 0.717) is 34.8 Å². The highest BCUT2D eigenvalue weighted by Crippen LogP contribution is 2.30. The molecule has 1 heterocycles. The van der Waals surface area contributed by atoms with Gasteiger partial charge in [0.1, 0.15) is 22.6 Å². The predicted octanol–water partition coefficient (Wildman–Crippen LogP) is 6.10. The average molecular weight is 476 g/mol. The normalized spacial score (nSPS) is 12.6. The Kier molecular flexibility index (Phi) is 8.73. The molecule has 0 spiro atoms. The van der Waals surface area contributed by atoms with Gasteiger partial charge >= 0.3 is 5.97 Å². The van der Waals surface area contributed by atoms with Gasteiger partial charge in [-0.05, 0) is 49.7 Å². The van der Waals surface area contributed by atoms with Gasteiger partial charge in [0.2, 0.25) is 5.88 Å². The number of carbonyl (C=O) groups is 1. The van der Waals surface area contributed by atoms with Gasteiger partial charge in [0.15, 0.2) is 6.10 Å². The summed E-state index contributed by atoms with van der Waals surface area (Å²) in [4.78, 5) is 16.3. The fourth-order valence-electron chi connectivity index (χ4n) is 2.67. The number of rotatable bonds is 10. The summed E-state index contributed by atoms with van der Waals surface area (Å²) in [5.41, 5.74) is 1.06. The topological polar surface area (TPSA) is 66.9 Å². The van der Waals surface area contributed by atoms with Crippen LogP contribution in [-0.2, 0) is 20.9 Å². The molecule has 0 aliphatic carbocycles. The van der Waals surface area contributed by atoms with E-state index >= 15 is 0 Å². The summed E-state index contributed by atoms with van der Waals surface area (Å²) in [6, 6.07) is 18.1. The van der Waals surface area contributed by atoms with Crippen LogP contribution in [0.2, 0.25) is 10.0 Å². The second kappa shape index (κ2) is 11.7. The molecule has 0 aliphatic rings. The van der Waals surface area contributed by atoms with E-state index in [-0.39, 0.29) is 5.88 Å². The maximum absolute atomic E-state index is 12.3.